The lowest BCUT2D eigenvalue weighted by atomic mass is 9.13. The van der Waals surface area contributed by atoms with E-state index in [1.165, 1.54) is 49.7 Å². The predicted octanol–water partition coefficient (Wildman–Crippen LogP) is 25.2. The summed E-state index contributed by atoms with van der Waals surface area (Å²) in [5.74, 6) is 2.40. The fraction of sp³-hybridized carbons (Fsp3) is 0.0769. The van der Waals surface area contributed by atoms with Gasteiger partial charge in [-0.05, 0) is 253 Å². The lowest BCUT2D eigenvalue weighted by molar-refractivity contribution is 0.415. The van der Waals surface area contributed by atoms with E-state index < -0.39 is 6.15 Å². The van der Waals surface area contributed by atoms with Crippen LogP contribution in [0.25, 0.3) is 44.5 Å². The third kappa shape index (κ3) is 15.1. The van der Waals surface area contributed by atoms with Gasteiger partial charge >= 0.3 is 0 Å². The van der Waals surface area contributed by atoms with Gasteiger partial charge in [0.25, 0.3) is 0 Å². The Balaban J connectivity index is 0.823. The monoisotopic (exact) mass is 1450 g/mol. The van der Waals surface area contributed by atoms with E-state index >= 15 is 0 Å². The summed E-state index contributed by atoms with van der Waals surface area (Å²) in [6.45, 7) is 10.7. The first-order chi connectivity index (χ1) is 54.8. The smallest absolute Gasteiger partial charge is 0.120 e. The van der Waals surface area contributed by atoms with E-state index in [1.54, 1.807) is 21.3 Å². The molecule has 0 bridgehead atoms. The minimum absolute atomic E-state index is 0.799. The van der Waals surface area contributed by atoms with Crippen LogP contribution in [0.4, 0.5) is 68.2 Å². The summed E-state index contributed by atoms with van der Waals surface area (Å²) in [4.78, 5) is 9.23. The topological polar surface area (TPSA) is 40.7 Å². The average molecular weight is 1450 g/mol. The van der Waals surface area contributed by atoms with Crippen molar-refractivity contribution in [2.45, 2.75) is 34.6 Å². The van der Waals surface area contributed by atoms with Gasteiger partial charge in [0.1, 0.15) is 23.4 Å². The second-order valence-electron chi connectivity index (χ2n) is 29.2. The molecule has 0 aliphatic heterocycles. The molecule has 0 N–H and O–H groups in total. The van der Waals surface area contributed by atoms with Gasteiger partial charge in [-0.15, -0.1) is 0 Å². The second kappa shape index (κ2) is 32.2. The van der Waals surface area contributed by atoms with Crippen LogP contribution in [0.2, 0.25) is 0 Å². The van der Waals surface area contributed by atoms with Crippen molar-refractivity contribution in [2.75, 3.05) is 40.9 Å². The Morgan fingerprint density at radius 2 is 0.330 bits per heavy atom. The fourth-order valence-corrected chi connectivity index (χ4v) is 16.1. The molecule has 0 unspecified atom stereocenters. The molecule has 16 aromatic carbocycles. The highest BCUT2D eigenvalue weighted by Crippen LogP contribution is 2.43. The SMILES string of the molecule is COc1cccc(N(c2ccc(-c3ccc([B-](c4ccc(-c5ccc(N(c6cccc(C)c6)c6cccc(C)c6)cc5)cc4)(c4ccc(-c5ccc(N(c6cccc(C)c6)c6cccc(OC)c6)cc5)cc4)c4ccc(-c5ccc(N(c6cccc(C)c6)c6cccc(OC)c6)cc5)cc4)cc3)cc2)c2cccc(C)c2)c1. The molecule has 546 valence electrons. The summed E-state index contributed by atoms with van der Waals surface area (Å²) in [5, 5.41) is 0. The molecule has 0 spiro atoms. The van der Waals surface area contributed by atoms with Gasteiger partial charge in [0.05, 0.1) is 21.3 Å². The minimum Gasteiger partial charge on any atom is -0.497 e. The maximum atomic E-state index is 5.75. The number of aryl methyl sites for hydroxylation is 5. The molecule has 0 saturated carbocycles. The van der Waals surface area contributed by atoms with Crippen molar-refractivity contribution in [1.82, 2.24) is 0 Å². The van der Waals surface area contributed by atoms with E-state index in [2.05, 4.69) is 406 Å². The quantitative estimate of drug-likeness (QED) is 0.0591. The molecule has 0 aliphatic carbocycles. The second-order valence-corrected chi connectivity index (χ2v) is 29.2. The first-order valence-electron chi connectivity index (χ1n) is 38.3. The van der Waals surface area contributed by atoms with Crippen molar-refractivity contribution in [3.63, 3.8) is 0 Å². The number of ether oxygens (including phenoxy) is 3. The van der Waals surface area contributed by atoms with Crippen LogP contribution in [0.3, 0.4) is 0 Å². The molecule has 0 atom stereocenters. The predicted molar refractivity (Wildman–Crippen MR) is 474 cm³/mol. The van der Waals surface area contributed by atoms with Crippen LogP contribution in [0.15, 0.2) is 388 Å². The molecule has 0 heterocycles. The highest BCUT2D eigenvalue weighted by Gasteiger charge is 2.33. The van der Waals surface area contributed by atoms with Crippen LogP contribution in [0.5, 0.6) is 17.2 Å². The van der Waals surface area contributed by atoms with Gasteiger partial charge in [-0.1, -0.05) is 224 Å². The van der Waals surface area contributed by atoms with Crippen molar-refractivity contribution in [3.8, 4) is 61.8 Å². The Kier molecular flexibility index (Phi) is 20.8. The Hall–Kier alpha value is -13.8. The standard InChI is InChI=1S/C104H88BN4O3/c1-73-17-9-22-94(65-73)106(95-23-10-18-74(2)66-95)90-57-41-82(42-58-90)78-33-49-86(50-34-78)105(87-51-35-79(36-52-87)83-43-59-91(60-44-83)107(96-24-11-19-75(3)67-96)99-27-14-30-102(70-99)110-6,88-53-37-80(38-54-88)84-45-61-92(62-46-84)108(97-25-12-20-76(4)68-97)100-28-15-31-103(71-100)111-7)89-55-39-81(40-56-89)85-47-63-93(64-48-85)109(98-26-13-21-77(5)69-98)101-29-16-32-104(72-101)112-8/h9-72H,1-8H3/q-1. The van der Waals surface area contributed by atoms with Gasteiger partial charge in [0.15, 0.2) is 0 Å². The fourth-order valence-electron chi connectivity index (χ4n) is 16.1. The van der Waals surface area contributed by atoms with Crippen LogP contribution in [-0.2, 0) is 0 Å². The van der Waals surface area contributed by atoms with Gasteiger partial charge in [-0.3, -0.25) is 0 Å². The van der Waals surface area contributed by atoms with Crippen molar-refractivity contribution in [3.05, 3.63) is 416 Å². The molecular formula is C104H88BN4O3-. The zero-order valence-corrected chi connectivity index (χ0v) is 64.5. The summed E-state index contributed by atoms with van der Waals surface area (Å²) in [5.41, 5.74) is 32.3. The Morgan fingerprint density at radius 1 is 0.170 bits per heavy atom. The molecule has 0 amide bonds. The number of hydrogen-bond acceptors (Lipinski definition) is 7. The molecule has 0 aliphatic rings. The van der Waals surface area contributed by atoms with Crippen molar-refractivity contribution in [1.29, 1.82) is 0 Å². The summed E-state index contributed by atoms with van der Waals surface area (Å²) in [6, 6.07) is 142. The molecule has 0 radical (unpaired) electrons. The number of hydrogen-bond donors (Lipinski definition) is 0. The number of anilines is 12. The van der Waals surface area contributed by atoms with Crippen molar-refractivity contribution in [2.24, 2.45) is 0 Å². The molecule has 0 saturated heterocycles. The van der Waals surface area contributed by atoms with Gasteiger partial charge < -0.3 is 33.8 Å². The molecule has 8 heteroatoms. The van der Waals surface area contributed by atoms with Gasteiger partial charge in [0.2, 0.25) is 0 Å². The third-order valence-corrected chi connectivity index (χ3v) is 21.7. The van der Waals surface area contributed by atoms with Crippen LogP contribution < -0.4 is 55.7 Å². The van der Waals surface area contributed by atoms with Crippen LogP contribution in [0.1, 0.15) is 27.8 Å². The van der Waals surface area contributed by atoms with E-state index in [9.17, 15) is 0 Å². The summed E-state index contributed by atoms with van der Waals surface area (Å²) in [6.07, 6.45) is -1.95. The number of benzene rings is 16. The van der Waals surface area contributed by atoms with Gasteiger partial charge in [-0.25, -0.2) is 0 Å². The first kappa shape index (κ1) is 72.4. The Bertz CT molecular complexity index is 5460. The zero-order chi connectivity index (χ0) is 76.7. The molecule has 16 aromatic rings. The van der Waals surface area contributed by atoms with Crippen LogP contribution in [-0.4, -0.2) is 27.5 Å². The van der Waals surface area contributed by atoms with Crippen molar-refractivity contribution >= 4 is 96.2 Å². The number of nitrogens with zero attached hydrogens (tertiary/aromatic N) is 4. The lowest BCUT2D eigenvalue weighted by Crippen LogP contribution is -2.74. The number of methoxy groups -OCH3 is 3. The normalized spacial score (nSPS) is 11.2. The van der Waals surface area contributed by atoms with Crippen LogP contribution in [0, 0.1) is 34.6 Å². The number of rotatable bonds is 23. The Morgan fingerprint density at radius 3 is 0.500 bits per heavy atom. The van der Waals surface area contributed by atoms with E-state index in [4.69, 9.17) is 14.2 Å². The maximum Gasteiger partial charge on any atom is 0.120 e. The van der Waals surface area contributed by atoms with Gasteiger partial charge in [0, 0.05) is 86.4 Å². The molecule has 7 nitrogen and oxygen atoms in total. The molecule has 112 heavy (non-hydrogen) atoms. The Labute approximate surface area is 659 Å². The highest BCUT2D eigenvalue weighted by atomic mass is 16.5. The first-order valence-corrected chi connectivity index (χ1v) is 38.3. The summed E-state index contributed by atoms with van der Waals surface area (Å²) in [7, 11) is 5.16. The third-order valence-electron chi connectivity index (χ3n) is 21.7. The molecule has 0 fully saturated rings. The van der Waals surface area contributed by atoms with Gasteiger partial charge in [-0.2, -0.15) is 21.9 Å². The zero-order valence-electron chi connectivity index (χ0n) is 64.5. The average Bonchev–Trinajstić information content (AvgIpc) is 0.726. The van der Waals surface area contributed by atoms with E-state index in [1.807, 2.05) is 36.4 Å². The largest absolute Gasteiger partial charge is 0.497 e. The van der Waals surface area contributed by atoms with E-state index in [-0.39, 0.29) is 0 Å². The van der Waals surface area contributed by atoms with E-state index in [0.29, 0.717) is 0 Å². The minimum atomic E-state index is -1.95. The van der Waals surface area contributed by atoms with Crippen molar-refractivity contribution < 1.29 is 14.2 Å². The lowest BCUT2D eigenvalue weighted by Gasteiger charge is -2.44. The maximum absolute atomic E-state index is 5.75. The summed E-state index contributed by atoms with van der Waals surface area (Å²) < 4.78 is 17.3. The highest BCUT2D eigenvalue weighted by molar-refractivity contribution is 7.20. The van der Waals surface area contributed by atoms with Crippen LogP contribution >= 0.6 is 0 Å². The molecule has 16 rings (SSSR count). The molecule has 0 aromatic heterocycles. The molecular weight excluding hydrogens is 1360 g/mol. The summed E-state index contributed by atoms with van der Waals surface area (Å²) >= 11 is 0. The van der Waals surface area contributed by atoms with E-state index in [0.717, 1.165) is 130 Å².